The third-order valence-corrected chi connectivity index (χ3v) is 4.97. The Balaban J connectivity index is 2.16. The lowest BCUT2D eigenvalue weighted by Crippen LogP contribution is -2.42. The molecule has 0 unspecified atom stereocenters. The first-order chi connectivity index (χ1) is 15.2. The number of carbonyl (C=O) groups excluding carboxylic acids is 2. The second-order valence-corrected chi connectivity index (χ2v) is 7.65. The molecule has 0 aliphatic carbocycles. The Bertz CT molecular complexity index is 678. The van der Waals surface area contributed by atoms with Crippen molar-refractivity contribution in [2.75, 3.05) is 7.11 Å². The second kappa shape index (κ2) is 18.2. The maximum absolute atomic E-state index is 12.1. The molecule has 1 rings (SSSR count). The van der Waals surface area contributed by atoms with Crippen molar-refractivity contribution in [2.24, 2.45) is 0 Å². The number of hydrogen-bond donors (Lipinski definition) is 2. The number of ether oxygens (including phenoxy) is 1. The van der Waals surface area contributed by atoms with Gasteiger partial charge in [0.25, 0.3) is 0 Å². The molecule has 6 nitrogen and oxygen atoms in total. The van der Waals surface area contributed by atoms with E-state index in [0.717, 1.165) is 12.1 Å². The lowest BCUT2D eigenvalue weighted by atomic mass is 10.1. The number of rotatable bonds is 17. The molecule has 0 aliphatic rings. The predicted octanol–water partition coefficient (Wildman–Crippen LogP) is 5.20. The van der Waals surface area contributed by atoms with Crippen LogP contribution in [0.3, 0.4) is 0 Å². The Labute approximate surface area is 187 Å². The summed E-state index contributed by atoms with van der Waals surface area (Å²) in [4.78, 5) is 30.7. The smallest absolute Gasteiger partial charge is 0.328 e. The SMILES string of the molecule is CCCCCCCCCCCC=CC=CC=CC(=O)N[C@@H](Cc1cnc[nH]1)C(=O)OC. The van der Waals surface area contributed by atoms with Crippen LogP contribution in [0.15, 0.2) is 49.0 Å². The van der Waals surface area contributed by atoms with E-state index in [9.17, 15) is 9.59 Å². The molecular formula is C25H39N3O3. The van der Waals surface area contributed by atoms with Gasteiger partial charge in [-0.05, 0) is 12.8 Å². The number of nitrogens with one attached hydrogen (secondary N) is 2. The highest BCUT2D eigenvalue weighted by molar-refractivity contribution is 5.91. The van der Waals surface area contributed by atoms with E-state index < -0.39 is 12.0 Å². The average Bonchev–Trinajstić information content (AvgIpc) is 3.28. The highest BCUT2D eigenvalue weighted by atomic mass is 16.5. The minimum Gasteiger partial charge on any atom is -0.467 e. The molecule has 0 bridgehead atoms. The first-order valence-corrected chi connectivity index (χ1v) is 11.5. The molecule has 1 aromatic rings. The summed E-state index contributed by atoms with van der Waals surface area (Å²) in [5.41, 5.74) is 0.747. The molecule has 0 radical (unpaired) electrons. The topological polar surface area (TPSA) is 84.1 Å². The van der Waals surface area contributed by atoms with Crippen molar-refractivity contribution < 1.29 is 14.3 Å². The Morgan fingerprint density at radius 3 is 2.35 bits per heavy atom. The zero-order valence-electron chi connectivity index (χ0n) is 19.1. The number of unbranched alkanes of at least 4 members (excludes halogenated alkanes) is 9. The number of amides is 1. The monoisotopic (exact) mass is 429 g/mol. The quantitative estimate of drug-likeness (QED) is 0.154. The number of aromatic nitrogens is 2. The molecule has 0 aromatic carbocycles. The van der Waals surface area contributed by atoms with Crippen LogP contribution in [0.5, 0.6) is 0 Å². The van der Waals surface area contributed by atoms with Crippen LogP contribution in [0.1, 0.15) is 76.8 Å². The van der Waals surface area contributed by atoms with Crippen molar-refractivity contribution in [3.8, 4) is 0 Å². The van der Waals surface area contributed by atoms with E-state index in [2.05, 4.69) is 28.3 Å². The van der Waals surface area contributed by atoms with Crippen LogP contribution >= 0.6 is 0 Å². The average molecular weight is 430 g/mol. The van der Waals surface area contributed by atoms with Gasteiger partial charge in [-0.25, -0.2) is 9.78 Å². The normalized spacial score (nSPS) is 12.7. The molecule has 0 saturated heterocycles. The van der Waals surface area contributed by atoms with E-state index >= 15 is 0 Å². The molecule has 172 valence electrons. The van der Waals surface area contributed by atoms with E-state index in [1.54, 1.807) is 18.3 Å². The number of hydrogen-bond acceptors (Lipinski definition) is 4. The van der Waals surface area contributed by atoms with Gasteiger partial charge in [-0.1, -0.05) is 88.7 Å². The first-order valence-electron chi connectivity index (χ1n) is 11.5. The Hall–Kier alpha value is -2.63. The fourth-order valence-corrected chi connectivity index (χ4v) is 3.19. The van der Waals surface area contributed by atoms with Gasteiger partial charge in [0.2, 0.25) is 5.91 Å². The van der Waals surface area contributed by atoms with Crippen molar-refractivity contribution in [2.45, 2.75) is 83.6 Å². The molecule has 31 heavy (non-hydrogen) atoms. The second-order valence-electron chi connectivity index (χ2n) is 7.65. The lowest BCUT2D eigenvalue weighted by molar-refractivity contribution is -0.144. The van der Waals surface area contributed by atoms with Crippen LogP contribution in [0.25, 0.3) is 0 Å². The summed E-state index contributed by atoms with van der Waals surface area (Å²) < 4.78 is 4.76. The molecule has 1 heterocycles. The zero-order chi connectivity index (χ0) is 22.6. The van der Waals surface area contributed by atoms with E-state index in [4.69, 9.17) is 4.74 Å². The van der Waals surface area contributed by atoms with Gasteiger partial charge >= 0.3 is 5.97 Å². The zero-order valence-corrected chi connectivity index (χ0v) is 19.1. The molecule has 1 amide bonds. The highest BCUT2D eigenvalue weighted by Gasteiger charge is 2.21. The van der Waals surface area contributed by atoms with Gasteiger partial charge < -0.3 is 15.0 Å². The van der Waals surface area contributed by atoms with Crippen molar-refractivity contribution in [1.82, 2.24) is 15.3 Å². The minimum absolute atomic E-state index is 0.295. The molecule has 1 atom stereocenters. The van der Waals surface area contributed by atoms with Crippen LogP contribution in [-0.2, 0) is 20.7 Å². The summed E-state index contributed by atoms with van der Waals surface area (Å²) in [5.74, 6) is -0.843. The standard InChI is InChI=1S/C25H39N3O3/c1-3-4-5-6-7-8-9-10-11-12-13-14-15-16-17-18-24(29)28-23(25(30)31-2)19-22-20-26-21-27-22/h13-18,20-21,23H,3-12,19H2,1-2H3,(H,26,27)(H,28,29)/t23-/m0/s1. The van der Waals surface area contributed by atoms with Gasteiger partial charge in [0, 0.05) is 24.4 Å². The predicted molar refractivity (Wildman–Crippen MR) is 126 cm³/mol. The summed E-state index contributed by atoms with van der Waals surface area (Å²) >= 11 is 0. The number of allylic oxidation sites excluding steroid dienone is 5. The largest absolute Gasteiger partial charge is 0.467 e. The third-order valence-electron chi connectivity index (χ3n) is 4.97. The summed E-state index contributed by atoms with van der Waals surface area (Å²) in [6, 6.07) is -0.761. The van der Waals surface area contributed by atoms with E-state index in [1.165, 1.54) is 77.3 Å². The van der Waals surface area contributed by atoms with Gasteiger partial charge in [0.15, 0.2) is 0 Å². The Morgan fingerprint density at radius 1 is 1.03 bits per heavy atom. The van der Waals surface area contributed by atoms with Crippen molar-refractivity contribution in [1.29, 1.82) is 0 Å². The fourth-order valence-electron chi connectivity index (χ4n) is 3.19. The summed E-state index contributed by atoms with van der Waals surface area (Å²) in [6.45, 7) is 2.25. The van der Waals surface area contributed by atoms with Gasteiger partial charge in [0.1, 0.15) is 6.04 Å². The number of aromatic amines is 1. The van der Waals surface area contributed by atoms with E-state index in [1.807, 2.05) is 12.2 Å². The molecule has 6 heteroatoms. The molecular weight excluding hydrogens is 390 g/mol. The summed E-state index contributed by atoms with van der Waals surface area (Å²) in [7, 11) is 1.30. The number of imidazole rings is 1. The molecule has 0 fully saturated rings. The van der Waals surface area contributed by atoms with E-state index in [-0.39, 0.29) is 5.91 Å². The van der Waals surface area contributed by atoms with E-state index in [0.29, 0.717) is 6.42 Å². The lowest BCUT2D eigenvalue weighted by Gasteiger charge is -2.14. The molecule has 1 aromatic heterocycles. The molecule has 0 saturated carbocycles. The fraction of sp³-hybridized carbons (Fsp3) is 0.560. The van der Waals surface area contributed by atoms with Gasteiger partial charge in [0.05, 0.1) is 13.4 Å². The molecule has 0 aliphatic heterocycles. The minimum atomic E-state index is -0.761. The maximum Gasteiger partial charge on any atom is 0.328 e. The first kappa shape index (κ1) is 26.4. The van der Waals surface area contributed by atoms with Crippen molar-refractivity contribution >= 4 is 11.9 Å². The molecule has 2 N–H and O–H groups in total. The number of carbonyl (C=O) groups is 2. The van der Waals surface area contributed by atoms with Crippen molar-refractivity contribution in [3.05, 3.63) is 54.7 Å². The number of nitrogens with zero attached hydrogens (tertiary/aromatic N) is 1. The van der Waals surface area contributed by atoms with Crippen LogP contribution in [-0.4, -0.2) is 35.0 Å². The number of H-pyrrole nitrogens is 1. The van der Waals surface area contributed by atoms with Gasteiger partial charge in [-0.15, -0.1) is 0 Å². The van der Waals surface area contributed by atoms with Crippen LogP contribution in [0.4, 0.5) is 0 Å². The van der Waals surface area contributed by atoms with Gasteiger partial charge in [-0.3, -0.25) is 4.79 Å². The van der Waals surface area contributed by atoms with Crippen LogP contribution < -0.4 is 5.32 Å². The maximum atomic E-state index is 12.1. The van der Waals surface area contributed by atoms with Crippen LogP contribution in [0.2, 0.25) is 0 Å². The van der Waals surface area contributed by atoms with Crippen LogP contribution in [0, 0.1) is 0 Å². The van der Waals surface area contributed by atoms with Crippen molar-refractivity contribution in [3.63, 3.8) is 0 Å². The summed E-state index contributed by atoms with van der Waals surface area (Å²) in [5, 5.41) is 2.66. The summed E-state index contributed by atoms with van der Waals surface area (Å²) in [6.07, 6.45) is 27.5. The number of esters is 1. The number of methoxy groups -OCH3 is 1. The Morgan fingerprint density at radius 2 is 1.71 bits per heavy atom. The molecule has 0 spiro atoms. The highest BCUT2D eigenvalue weighted by Crippen LogP contribution is 2.10. The Kier molecular flexibility index (Phi) is 15.5. The van der Waals surface area contributed by atoms with Gasteiger partial charge in [-0.2, -0.15) is 0 Å². The third kappa shape index (κ3) is 14.1.